The minimum absolute atomic E-state index is 0.118. The van der Waals surface area contributed by atoms with Crippen molar-refractivity contribution in [1.82, 2.24) is 9.38 Å². The van der Waals surface area contributed by atoms with Crippen LogP contribution in [0.4, 0.5) is 29.3 Å². The summed E-state index contributed by atoms with van der Waals surface area (Å²) in [6.45, 7) is 5.42. The molecule has 9 heteroatoms. The lowest BCUT2D eigenvalue weighted by Crippen LogP contribution is -2.39. The maximum atomic E-state index is 14.0. The van der Waals surface area contributed by atoms with E-state index < -0.39 is 23.6 Å². The van der Waals surface area contributed by atoms with Gasteiger partial charge < -0.3 is 9.64 Å². The van der Waals surface area contributed by atoms with Crippen molar-refractivity contribution in [2.75, 3.05) is 23.3 Å². The maximum absolute atomic E-state index is 14.0. The Morgan fingerprint density at radius 2 is 1.96 bits per heavy atom. The summed E-state index contributed by atoms with van der Waals surface area (Å²) in [5.74, 6) is -3.31. The van der Waals surface area contributed by atoms with Gasteiger partial charge in [-0.3, -0.25) is 9.72 Å². The van der Waals surface area contributed by atoms with Crippen molar-refractivity contribution < 1.29 is 22.7 Å². The van der Waals surface area contributed by atoms with Crippen molar-refractivity contribution in [1.29, 1.82) is 0 Å². The molecule has 1 saturated heterocycles. The standard InChI is InChI=1S/C17H21F3N4O2/c1-16(2,3)26-15(25)22-11-8-12(14-21-9-13(18)24(14)10-11)23-6-4-17(19,20)5-7-23/h8-10H,4-7H2,1-3H3,(H,22,25). The third kappa shape index (κ3) is 4.03. The van der Waals surface area contributed by atoms with E-state index >= 15 is 0 Å². The first-order chi connectivity index (χ1) is 12.0. The van der Waals surface area contributed by atoms with Crippen LogP contribution in [0.25, 0.3) is 5.65 Å². The number of fused-ring (bicyclic) bond motifs is 1. The minimum Gasteiger partial charge on any atom is -0.444 e. The van der Waals surface area contributed by atoms with Gasteiger partial charge in [0.25, 0.3) is 5.92 Å². The lowest BCUT2D eigenvalue weighted by molar-refractivity contribution is -0.0220. The molecule has 0 bridgehead atoms. The highest BCUT2D eigenvalue weighted by Gasteiger charge is 2.35. The summed E-state index contributed by atoms with van der Waals surface area (Å²) in [7, 11) is 0. The summed E-state index contributed by atoms with van der Waals surface area (Å²) >= 11 is 0. The molecule has 2 aromatic heterocycles. The molecule has 3 heterocycles. The highest BCUT2D eigenvalue weighted by Crippen LogP contribution is 2.33. The predicted octanol–water partition coefficient (Wildman–Crippen LogP) is 4.06. The van der Waals surface area contributed by atoms with Crippen LogP contribution in [0.5, 0.6) is 0 Å². The van der Waals surface area contributed by atoms with Gasteiger partial charge in [0.05, 0.1) is 17.6 Å². The van der Waals surface area contributed by atoms with Crippen molar-refractivity contribution in [2.45, 2.75) is 45.1 Å². The number of halogens is 3. The molecule has 0 saturated carbocycles. The molecule has 1 aliphatic rings. The molecular formula is C17H21F3N4O2. The van der Waals surface area contributed by atoms with Gasteiger partial charge in [-0.15, -0.1) is 0 Å². The molecule has 0 aromatic carbocycles. The number of amides is 1. The largest absolute Gasteiger partial charge is 0.444 e. The van der Waals surface area contributed by atoms with E-state index in [1.807, 2.05) is 0 Å². The van der Waals surface area contributed by atoms with Gasteiger partial charge in [0.1, 0.15) is 5.60 Å². The van der Waals surface area contributed by atoms with Crippen LogP contribution in [0.2, 0.25) is 0 Å². The van der Waals surface area contributed by atoms with Crippen LogP contribution < -0.4 is 10.2 Å². The number of nitrogens with zero attached hydrogens (tertiary/aromatic N) is 3. The average molecular weight is 370 g/mol. The quantitative estimate of drug-likeness (QED) is 0.866. The van der Waals surface area contributed by atoms with E-state index in [4.69, 9.17) is 4.74 Å². The van der Waals surface area contributed by atoms with Gasteiger partial charge in [-0.05, 0) is 26.8 Å². The number of ether oxygens (including phenoxy) is 1. The number of rotatable bonds is 2. The molecule has 0 atom stereocenters. The number of hydrogen-bond acceptors (Lipinski definition) is 4. The average Bonchev–Trinajstić information content (AvgIpc) is 2.86. The number of anilines is 2. The van der Waals surface area contributed by atoms with Gasteiger partial charge in [0.2, 0.25) is 5.95 Å². The van der Waals surface area contributed by atoms with E-state index in [9.17, 15) is 18.0 Å². The van der Waals surface area contributed by atoms with E-state index in [-0.39, 0.29) is 31.6 Å². The lowest BCUT2D eigenvalue weighted by Gasteiger charge is -2.33. The normalized spacial score (nSPS) is 17.4. The number of carbonyl (C=O) groups excluding carboxylic acids is 1. The number of imidazole rings is 1. The highest BCUT2D eigenvalue weighted by atomic mass is 19.3. The second kappa shape index (κ2) is 6.37. The van der Waals surface area contributed by atoms with E-state index in [0.29, 0.717) is 11.3 Å². The van der Waals surface area contributed by atoms with Crippen LogP contribution in [0.1, 0.15) is 33.6 Å². The number of aromatic nitrogens is 2. The van der Waals surface area contributed by atoms with Crippen molar-refractivity contribution >= 4 is 23.1 Å². The zero-order valence-corrected chi connectivity index (χ0v) is 14.9. The molecule has 3 rings (SSSR count). The third-order valence-electron chi connectivity index (χ3n) is 4.02. The Hall–Kier alpha value is -2.45. The van der Waals surface area contributed by atoms with Gasteiger partial charge in [-0.2, -0.15) is 4.39 Å². The SMILES string of the molecule is CC(C)(C)OC(=O)Nc1cc(N2CCC(F)(F)CC2)c2ncc(F)n2c1. The molecule has 1 fully saturated rings. The molecule has 142 valence electrons. The van der Waals surface area contributed by atoms with Crippen molar-refractivity contribution in [3.8, 4) is 0 Å². The van der Waals surface area contributed by atoms with Gasteiger partial charge in [-0.25, -0.2) is 18.6 Å². The Morgan fingerprint density at radius 1 is 1.31 bits per heavy atom. The molecule has 0 unspecified atom stereocenters. The van der Waals surface area contributed by atoms with E-state index in [1.54, 1.807) is 31.7 Å². The number of hydrogen-bond donors (Lipinski definition) is 1. The number of carbonyl (C=O) groups is 1. The van der Waals surface area contributed by atoms with Gasteiger partial charge in [-0.1, -0.05) is 0 Å². The maximum Gasteiger partial charge on any atom is 0.412 e. The molecule has 6 nitrogen and oxygen atoms in total. The molecule has 1 amide bonds. The molecule has 2 aromatic rings. The monoisotopic (exact) mass is 370 g/mol. The molecule has 1 aliphatic heterocycles. The highest BCUT2D eigenvalue weighted by molar-refractivity contribution is 5.87. The summed E-state index contributed by atoms with van der Waals surface area (Å²) in [6.07, 6.45) is 1.17. The van der Waals surface area contributed by atoms with E-state index in [2.05, 4.69) is 10.3 Å². The number of pyridine rings is 1. The summed E-state index contributed by atoms with van der Waals surface area (Å²) in [6, 6.07) is 1.59. The Bertz CT molecular complexity index is 819. The van der Waals surface area contributed by atoms with Gasteiger partial charge >= 0.3 is 6.09 Å². The van der Waals surface area contributed by atoms with Crippen LogP contribution >= 0.6 is 0 Å². The van der Waals surface area contributed by atoms with Crippen LogP contribution in [-0.4, -0.2) is 40.1 Å². The first kappa shape index (κ1) is 18.3. The zero-order chi connectivity index (χ0) is 19.1. The first-order valence-corrected chi connectivity index (χ1v) is 8.33. The van der Waals surface area contributed by atoms with Crippen molar-refractivity contribution in [3.63, 3.8) is 0 Å². The predicted molar refractivity (Wildman–Crippen MR) is 91.4 cm³/mol. The second-order valence-corrected chi connectivity index (χ2v) is 7.36. The summed E-state index contributed by atoms with van der Waals surface area (Å²) in [5, 5.41) is 2.55. The number of alkyl halides is 2. The summed E-state index contributed by atoms with van der Waals surface area (Å²) in [4.78, 5) is 17.7. The molecular weight excluding hydrogens is 349 g/mol. The van der Waals surface area contributed by atoms with Gasteiger partial charge in [0.15, 0.2) is 5.65 Å². The topological polar surface area (TPSA) is 58.9 Å². The molecule has 0 aliphatic carbocycles. The molecule has 0 radical (unpaired) electrons. The number of piperidine rings is 1. The first-order valence-electron chi connectivity index (χ1n) is 8.33. The van der Waals surface area contributed by atoms with Crippen molar-refractivity contribution in [3.05, 3.63) is 24.4 Å². The van der Waals surface area contributed by atoms with Crippen LogP contribution in [0, 0.1) is 5.95 Å². The fourth-order valence-electron chi connectivity index (χ4n) is 2.84. The smallest absolute Gasteiger partial charge is 0.412 e. The van der Waals surface area contributed by atoms with Crippen LogP contribution in [0.3, 0.4) is 0 Å². The van der Waals surface area contributed by atoms with Crippen molar-refractivity contribution in [2.24, 2.45) is 0 Å². The van der Waals surface area contributed by atoms with E-state index in [0.717, 1.165) is 6.20 Å². The Morgan fingerprint density at radius 3 is 2.58 bits per heavy atom. The fraction of sp³-hybridized carbons (Fsp3) is 0.529. The number of nitrogens with one attached hydrogen (secondary N) is 1. The Kier molecular flexibility index (Phi) is 4.49. The van der Waals surface area contributed by atoms with Gasteiger partial charge in [0, 0.05) is 32.1 Å². The molecule has 26 heavy (non-hydrogen) atoms. The molecule has 1 N–H and O–H groups in total. The van der Waals surface area contributed by atoms with E-state index in [1.165, 1.54) is 10.6 Å². The summed E-state index contributed by atoms with van der Waals surface area (Å²) < 4.78 is 47.3. The zero-order valence-electron chi connectivity index (χ0n) is 14.9. The molecule has 0 spiro atoms. The second-order valence-electron chi connectivity index (χ2n) is 7.36. The Balaban J connectivity index is 1.91. The fourth-order valence-corrected chi connectivity index (χ4v) is 2.84. The Labute approximate surface area is 148 Å². The van der Waals surface area contributed by atoms with Crippen LogP contribution in [0.15, 0.2) is 18.5 Å². The summed E-state index contributed by atoms with van der Waals surface area (Å²) in [5.41, 5.74) is 0.395. The minimum atomic E-state index is -2.69. The lowest BCUT2D eigenvalue weighted by atomic mass is 10.1. The third-order valence-corrected chi connectivity index (χ3v) is 4.02. The van der Waals surface area contributed by atoms with Crippen LogP contribution in [-0.2, 0) is 4.74 Å².